The van der Waals surface area contributed by atoms with Crippen LogP contribution in [0.5, 0.6) is 5.75 Å². The largest absolute Gasteiger partial charge is 0.494 e. The van der Waals surface area contributed by atoms with E-state index in [4.69, 9.17) is 4.74 Å². The Labute approximate surface area is 68.2 Å². The molecular weight excluding hydrogens is 159 g/mol. The number of halogens is 1. The maximum absolute atomic E-state index is 13.0. The van der Waals surface area contributed by atoms with Gasteiger partial charge in [0.25, 0.3) is 0 Å². The minimum Gasteiger partial charge on any atom is -0.494 e. The number of ether oxygens (including phenoxy) is 1. The van der Waals surface area contributed by atoms with Crippen LogP contribution in [0.25, 0.3) is 11.0 Å². The van der Waals surface area contributed by atoms with Gasteiger partial charge in [-0.25, -0.2) is 9.37 Å². The number of aromatic nitrogens is 2. The van der Waals surface area contributed by atoms with Crippen LogP contribution in [-0.2, 0) is 0 Å². The first-order valence-corrected chi connectivity index (χ1v) is 3.48. The number of imidazole rings is 1. The fourth-order valence-corrected chi connectivity index (χ4v) is 1.14. The average molecular weight is 166 g/mol. The molecule has 2 aromatic rings. The second kappa shape index (κ2) is 2.48. The van der Waals surface area contributed by atoms with Crippen molar-refractivity contribution in [1.82, 2.24) is 9.97 Å². The molecule has 0 bridgehead atoms. The summed E-state index contributed by atoms with van der Waals surface area (Å²) in [6.45, 7) is 0. The first-order valence-electron chi connectivity index (χ1n) is 3.48. The number of nitrogens with one attached hydrogen (secondary N) is 1. The molecule has 0 radical (unpaired) electrons. The molecule has 0 aliphatic carbocycles. The van der Waals surface area contributed by atoms with Crippen molar-refractivity contribution in [3.05, 3.63) is 24.3 Å². The summed E-state index contributed by atoms with van der Waals surface area (Å²) >= 11 is 0. The highest BCUT2D eigenvalue weighted by Gasteiger charge is 2.07. The lowest BCUT2D eigenvalue weighted by Gasteiger charge is -1.99. The molecular formula is C8H7FN2O. The van der Waals surface area contributed by atoms with Crippen LogP contribution in [0.4, 0.5) is 4.39 Å². The van der Waals surface area contributed by atoms with Crippen LogP contribution >= 0.6 is 0 Å². The van der Waals surface area contributed by atoms with E-state index < -0.39 is 0 Å². The maximum atomic E-state index is 13.0. The topological polar surface area (TPSA) is 37.9 Å². The van der Waals surface area contributed by atoms with Crippen molar-refractivity contribution in [2.75, 3.05) is 7.11 Å². The van der Waals surface area contributed by atoms with Gasteiger partial charge in [0.15, 0.2) is 5.82 Å². The molecule has 1 N–H and O–H groups in total. The minimum atomic E-state index is -0.341. The van der Waals surface area contributed by atoms with Crippen LogP contribution in [0.2, 0.25) is 0 Å². The summed E-state index contributed by atoms with van der Waals surface area (Å²) in [5.74, 6) is 0.260. The third-order valence-electron chi connectivity index (χ3n) is 1.71. The molecule has 2 rings (SSSR count). The molecule has 0 aliphatic heterocycles. The molecule has 0 unspecified atom stereocenters. The van der Waals surface area contributed by atoms with Gasteiger partial charge in [-0.3, -0.25) is 0 Å². The molecule has 1 aromatic heterocycles. The Morgan fingerprint density at radius 2 is 2.33 bits per heavy atom. The predicted molar refractivity (Wildman–Crippen MR) is 42.6 cm³/mol. The minimum absolute atomic E-state index is 0.314. The van der Waals surface area contributed by atoms with Gasteiger partial charge in [0, 0.05) is 0 Å². The number of aromatic amines is 1. The van der Waals surface area contributed by atoms with Crippen molar-refractivity contribution >= 4 is 11.0 Å². The average Bonchev–Trinajstić information content (AvgIpc) is 2.54. The second-order valence-corrected chi connectivity index (χ2v) is 2.38. The molecule has 4 heteroatoms. The Balaban J connectivity index is 2.82. The van der Waals surface area contributed by atoms with E-state index in [0.29, 0.717) is 16.8 Å². The fourth-order valence-electron chi connectivity index (χ4n) is 1.14. The fraction of sp³-hybridized carbons (Fsp3) is 0.125. The van der Waals surface area contributed by atoms with Gasteiger partial charge in [-0.15, -0.1) is 0 Å². The predicted octanol–water partition coefficient (Wildman–Crippen LogP) is 1.71. The summed E-state index contributed by atoms with van der Waals surface area (Å²) in [5.41, 5.74) is 0.909. The van der Waals surface area contributed by atoms with Gasteiger partial charge < -0.3 is 9.72 Å². The van der Waals surface area contributed by atoms with Crippen molar-refractivity contribution in [3.8, 4) is 5.75 Å². The van der Waals surface area contributed by atoms with Crippen LogP contribution in [0.3, 0.4) is 0 Å². The van der Waals surface area contributed by atoms with Crippen molar-refractivity contribution < 1.29 is 9.13 Å². The molecule has 0 saturated heterocycles. The number of hydrogen-bond acceptors (Lipinski definition) is 2. The summed E-state index contributed by atoms with van der Waals surface area (Å²) in [5, 5.41) is 0. The molecule has 0 spiro atoms. The summed E-state index contributed by atoms with van der Waals surface area (Å²) in [6, 6.07) is 2.90. The van der Waals surface area contributed by atoms with E-state index in [2.05, 4.69) is 9.97 Å². The summed E-state index contributed by atoms with van der Waals surface area (Å²) in [6.07, 6.45) is 1.44. The number of benzene rings is 1. The van der Waals surface area contributed by atoms with E-state index in [1.54, 1.807) is 6.07 Å². The number of H-pyrrole nitrogens is 1. The summed E-state index contributed by atoms with van der Waals surface area (Å²) in [4.78, 5) is 6.62. The highest BCUT2D eigenvalue weighted by atomic mass is 19.1. The van der Waals surface area contributed by atoms with E-state index in [1.165, 1.54) is 19.5 Å². The molecule has 62 valence electrons. The first kappa shape index (κ1) is 7.09. The number of methoxy groups -OCH3 is 1. The Morgan fingerprint density at radius 1 is 1.50 bits per heavy atom. The van der Waals surface area contributed by atoms with Crippen LogP contribution in [-0.4, -0.2) is 17.1 Å². The normalized spacial score (nSPS) is 10.5. The Kier molecular flexibility index (Phi) is 1.46. The molecule has 0 saturated carbocycles. The molecule has 1 aromatic carbocycles. The zero-order valence-corrected chi connectivity index (χ0v) is 6.47. The molecule has 0 atom stereocenters. The number of rotatable bonds is 1. The Hall–Kier alpha value is -1.58. The third-order valence-corrected chi connectivity index (χ3v) is 1.71. The standard InChI is InChI=1S/C8H7FN2O/c1-12-6-3-2-5(9)7-8(6)11-4-10-7/h2-4H,1H3,(H,10,11). The van der Waals surface area contributed by atoms with E-state index >= 15 is 0 Å². The van der Waals surface area contributed by atoms with Crippen molar-refractivity contribution in [3.63, 3.8) is 0 Å². The van der Waals surface area contributed by atoms with E-state index in [9.17, 15) is 4.39 Å². The molecule has 12 heavy (non-hydrogen) atoms. The van der Waals surface area contributed by atoms with Gasteiger partial charge in [0.05, 0.1) is 13.4 Å². The van der Waals surface area contributed by atoms with Gasteiger partial charge in [-0.2, -0.15) is 0 Å². The molecule has 0 aliphatic rings. The second-order valence-electron chi connectivity index (χ2n) is 2.38. The van der Waals surface area contributed by atoms with Crippen LogP contribution in [0, 0.1) is 5.82 Å². The van der Waals surface area contributed by atoms with Gasteiger partial charge in [-0.05, 0) is 12.1 Å². The zero-order chi connectivity index (χ0) is 8.55. The van der Waals surface area contributed by atoms with Gasteiger partial charge in [-0.1, -0.05) is 0 Å². The van der Waals surface area contributed by atoms with Crippen molar-refractivity contribution in [2.24, 2.45) is 0 Å². The Morgan fingerprint density at radius 3 is 3.08 bits per heavy atom. The monoisotopic (exact) mass is 166 g/mol. The highest BCUT2D eigenvalue weighted by Crippen LogP contribution is 2.23. The first-order chi connectivity index (χ1) is 5.83. The van der Waals surface area contributed by atoms with Crippen LogP contribution in [0.1, 0.15) is 0 Å². The van der Waals surface area contributed by atoms with Crippen molar-refractivity contribution in [2.45, 2.75) is 0 Å². The number of fused-ring (bicyclic) bond motifs is 1. The molecule has 1 heterocycles. The summed E-state index contributed by atoms with van der Waals surface area (Å²) < 4.78 is 18.0. The van der Waals surface area contributed by atoms with Crippen LogP contribution < -0.4 is 4.74 Å². The summed E-state index contributed by atoms with van der Waals surface area (Å²) in [7, 11) is 1.54. The SMILES string of the molecule is COc1ccc(F)c2nc[nH]c12. The van der Waals surface area contributed by atoms with Crippen LogP contribution in [0.15, 0.2) is 18.5 Å². The van der Waals surface area contributed by atoms with Crippen molar-refractivity contribution in [1.29, 1.82) is 0 Å². The van der Waals surface area contributed by atoms with E-state index in [0.717, 1.165) is 0 Å². The smallest absolute Gasteiger partial charge is 0.151 e. The van der Waals surface area contributed by atoms with Gasteiger partial charge in [0.1, 0.15) is 16.8 Å². The van der Waals surface area contributed by atoms with E-state index in [1.807, 2.05) is 0 Å². The molecule has 3 nitrogen and oxygen atoms in total. The Bertz CT molecular complexity index is 410. The van der Waals surface area contributed by atoms with Gasteiger partial charge in [0.2, 0.25) is 0 Å². The lowest BCUT2D eigenvalue weighted by Crippen LogP contribution is -1.86. The lowest BCUT2D eigenvalue weighted by atomic mass is 10.3. The lowest BCUT2D eigenvalue weighted by molar-refractivity contribution is 0.418. The van der Waals surface area contributed by atoms with Gasteiger partial charge >= 0.3 is 0 Å². The third kappa shape index (κ3) is 0.845. The molecule has 0 fully saturated rings. The number of nitrogens with zero attached hydrogens (tertiary/aromatic N) is 1. The quantitative estimate of drug-likeness (QED) is 0.700. The number of hydrogen-bond donors (Lipinski definition) is 1. The highest BCUT2D eigenvalue weighted by molar-refractivity contribution is 5.81. The molecule has 0 amide bonds. The zero-order valence-electron chi connectivity index (χ0n) is 6.47. The van der Waals surface area contributed by atoms with E-state index in [-0.39, 0.29) is 5.82 Å². The maximum Gasteiger partial charge on any atom is 0.151 e.